The first-order valence-electron chi connectivity index (χ1n) is 5.00. The van der Waals surface area contributed by atoms with Gasteiger partial charge >= 0.3 is 0 Å². The minimum absolute atomic E-state index is 0.738. The molecule has 4 heteroatoms. The summed E-state index contributed by atoms with van der Waals surface area (Å²) in [7, 11) is 0. The van der Waals surface area contributed by atoms with Crippen molar-refractivity contribution in [3.63, 3.8) is 0 Å². The summed E-state index contributed by atoms with van der Waals surface area (Å²) in [4.78, 5) is 0. The van der Waals surface area contributed by atoms with Crippen molar-refractivity contribution < 1.29 is 4.74 Å². The van der Waals surface area contributed by atoms with E-state index >= 15 is 0 Å². The van der Waals surface area contributed by atoms with Gasteiger partial charge < -0.3 is 10.1 Å². The summed E-state index contributed by atoms with van der Waals surface area (Å²) in [6.07, 6.45) is 1.00. The molecule has 0 aliphatic rings. The van der Waals surface area contributed by atoms with Gasteiger partial charge in [0.25, 0.3) is 0 Å². The zero-order chi connectivity index (χ0) is 11.1. The van der Waals surface area contributed by atoms with Crippen molar-refractivity contribution in [2.24, 2.45) is 0 Å². The van der Waals surface area contributed by atoms with Gasteiger partial charge in [-0.05, 0) is 47.5 Å². The van der Waals surface area contributed by atoms with Crippen LogP contribution in [0.2, 0.25) is 5.02 Å². The first-order chi connectivity index (χ1) is 7.24. The van der Waals surface area contributed by atoms with E-state index in [2.05, 4.69) is 21.2 Å². The molecule has 1 aromatic carbocycles. The van der Waals surface area contributed by atoms with Gasteiger partial charge in [0.05, 0.1) is 0 Å². The molecule has 0 aliphatic heterocycles. The molecule has 0 aliphatic carbocycles. The number of ether oxygens (including phenoxy) is 1. The maximum Gasteiger partial charge on any atom is 0.0485 e. The second-order valence-corrected chi connectivity index (χ2v) is 4.39. The van der Waals surface area contributed by atoms with Gasteiger partial charge in [0.2, 0.25) is 0 Å². The standard InChI is InChI=1S/C11H15BrClNO/c1-2-15-7-3-6-14-11-5-4-9(13)8-10(11)12/h4-5,8,14H,2-3,6-7H2,1H3. The molecule has 84 valence electrons. The molecule has 0 saturated carbocycles. The van der Waals surface area contributed by atoms with Crippen LogP contribution in [0.3, 0.4) is 0 Å². The largest absolute Gasteiger partial charge is 0.384 e. The topological polar surface area (TPSA) is 21.3 Å². The Morgan fingerprint density at radius 1 is 1.47 bits per heavy atom. The van der Waals surface area contributed by atoms with Crippen LogP contribution in [0.4, 0.5) is 5.69 Å². The molecule has 1 aromatic rings. The lowest BCUT2D eigenvalue weighted by molar-refractivity contribution is 0.147. The highest BCUT2D eigenvalue weighted by molar-refractivity contribution is 9.10. The molecule has 0 heterocycles. The lowest BCUT2D eigenvalue weighted by Crippen LogP contribution is -2.05. The number of halogens is 2. The molecule has 0 fully saturated rings. The number of anilines is 1. The minimum Gasteiger partial charge on any atom is -0.384 e. The fourth-order valence-electron chi connectivity index (χ4n) is 1.17. The number of rotatable bonds is 6. The van der Waals surface area contributed by atoms with Crippen molar-refractivity contribution in [1.82, 2.24) is 0 Å². The van der Waals surface area contributed by atoms with Gasteiger partial charge in [-0.15, -0.1) is 0 Å². The molecule has 1 N–H and O–H groups in total. The van der Waals surface area contributed by atoms with Crippen molar-refractivity contribution >= 4 is 33.2 Å². The van der Waals surface area contributed by atoms with Gasteiger partial charge in [0.15, 0.2) is 0 Å². The number of hydrogen-bond donors (Lipinski definition) is 1. The van der Waals surface area contributed by atoms with Crippen LogP contribution in [-0.4, -0.2) is 19.8 Å². The van der Waals surface area contributed by atoms with E-state index in [9.17, 15) is 0 Å². The highest BCUT2D eigenvalue weighted by Crippen LogP contribution is 2.25. The Labute approximate surface area is 104 Å². The van der Waals surface area contributed by atoms with Gasteiger partial charge in [-0.1, -0.05) is 11.6 Å². The van der Waals surface area contributed by atoms with Crippen LogP contribution in [0.25, 0.3) is 0 Å². The van der Waals surface area contributed by atoms with Crippen molar-refractivity contribution in [2.75, 3.05) is 25.1 Å². The van der Waals surface area contributed by atoms with Gasteiger partial charge in [0.1, 0.15) is 0 Å². The Morgan fingerprint density at radius 3 is 2.93 bits per heavy atom. The summed E-state index contributed by atoms with van der Waals surface area (Å²) in [6.45, 7) is 4.49. The van der Waals surface area contributed by atoms with Gasteiger partial charge in [-0.25, -0.2) is 0 Å². The van der Waals surface area contributed by atoms with Crippen molar-refractivity contribution in [2.45, 2.75) is 13.3 Å². The molecule has 0 saturated heterocycles. The summed E-state index contributed by atoms with van der Waals surface area (Å²) < 4.78 is 6.24. The quantitative estimate of drug-likeness (QED) is 0.802. The molecule has 2 nitrogen and oxygen atoms in total. The van der Waals surface area contributed by atoms with Crippen LogP contribution in [0, 0.1) is 0 Å². The third-order valence-electron chi connectivity index (χ3n) is 1.92. The SMILES string of the molecule is CCOCCCNc1ccc(Cl)cc1Br. The zero-order valence-corrected chi connectivity index (χ0v) is 11.1. The lowest BCUT2D eigenvalue weighted by atomic mass is 10.3. The lowest BCUT2D eigenvalue weighted by Gasteiger charge is -2.08. The Bertz CT molecular complexity index is 307. The van der Waals surface area contributed by atoms with Crippen molar-refractivity contribution in [3.05, 3.63) is 27.7 Å². The number of hydrogen-bond acceptors (Lipinski definition) is 2. The Balaban J connectivity index is 2.31. The van der Waals surface area contributed by atoms with Gasteiger partial charge in [-0.3, -0.25) is 0 Å². The van der Waals surface area contributed by atoms with Crippen molar-refractivity contribution in [3.8, 4) is 0 Å². The van der Waals surface area contributed by atoms with E-state index in [4.69, 9.17) is 16.3 Å². The van der Waals surface area contributed by atoms with Crippen LogP contribution < -0.4 is 5.32 Å². The maximum absolute atomic E-state index is 5.84. The monoisotopic (exact) mass is 291 g/mol. The third kappa shape index (κ3) is 4.87. The summed E-state index contributed by atoms with van der Waals surface area (Å²) in [5, 5.41) is 4.05. The molecule has 0 unspecified atom stereocenters. The fourth-order valence-corrected chi connectivity index (χ4v) is 2.00. The van der Waals surface area contributed by atoms with E-state index in [-0.39, 0.29) is 0 Å². The van der Waals surface area contributed by atoms with Crippen LogP contribution in [0.5, 0.6) is 0 Å². The molecule has 15 heavy (non-hydrogen) atoms. The highest BCUT2D eigenvalue weighted by atomic mass is 79.9. The second-order valence-electron chi connectivity index (χ2n) is 3.10. The van der Waals surface area contributed by atoms with Crippen LogP contribution >= 0.6 is 27.5 Å². The first kappa shape index (κ1) is 12.8. The van der Waals surface area contributed by atoms with E-state index in [1.54, 1.807) is 0 Å². The summed E-state index contributed by atoms with van der Waals surface area (Å²) >= 11 is 9.29. The normalized spacial score (nSPS) is 10.3. The fraction of sp³-hybridized carbons (Fsp3) is 0.455. The number of benzene rings is 1. The average Bonchev–Trinajstić information content (AvgIpc) is 2.20. The van der Waals surface area contributed by atoms with Crippen LogP contribution in [0.15, 0.2) is 22.7 Å². The van der Waals surface area contributed by atoms with E-state index in [0.717, 1.165) is 41.4 Å². The first-order valence-corrected chi connectivity index (χ1v) is 6.17. The Kier molecular flexibility index (Phi) is 6.06. The Hall–Kier alpha value is -0.250. The molecule has 1 rings (SSSR count). The molecule has 0 amide bonds. The van der Waals surface area contributed by atoms with E-state index in [1.165, 1.54) is 0 Å². The third-order valence-corrected chi connectivity index (χ3v) is 2.81. The summed E-state index contributed by atoms with van der Waals surface area (Å²) in [5.41, 5.74) is 1.07. The smallest absolute Gasteiger partial charge is 0.0485 e. The molecular weight excluding hydrogens is 277 g/mol. The van der Waals surface area contributed by atoms with E-state index in [0.29, 0.717) is 0 Å². The molecule has 0 atom stereocenters. The van der Waals surface area contributed by atoms with E-state index < -0.39 is 0 Å². The molecule has 0 spiro atoms. The van der Waals surface area contributed by atoms with Gasteiger partial charge in [-0.2, -0.15) is 0 Å². The molecule has 0 bridgehead atoms. The second kappa shape index (κ2) is 7.09. The predicted octanol–water partition coefficient (Wildman–Crippen LogP) is 3.94. The van der Waals surface area contributed by atoms with E-state index in [1.807, 2.05) is 25.1 Å². The van der Waals surface area contributed by atoms with Crippen molar-refractivity contribution in [1.29, 1.82) is 0 Å². The zero-order valence-electron chi connectivity index (χ0n) is 8.72. The summed E-state index contributed by atoms with van der Waals surface area (Å²) in [6, 6.07) is 5.72. The predicted molar refractivity (Wildman–Crippen MR) is 68.8 cm³/mol. The highest BCUT2D eigenvalue weighted by Gasteiger charge is 1.99. The Morgan fingerprint density at radius 2 is 2.27 bits per heavy atom. The average molecular weight is 293 g/mol. The van der Waals surface area contributed by atoms with Gasteiger partial charge in [0, 0.05) is 34.9 Å². The summed E-state index contributed by atoms with van der Waals surface area (Å²) in [5.74, 6) is 0. The number of nitrogens with one attached hydrogen (secondary N) is 1. The molecular formula is C11H15BrClNO. The van der Waals surface area contributed by atoms with Crippen LogP contribution in [0.1, 0.15) is 13.3 Å². The maximum atomic E-state index is 5.84. The molecule has 0 aromatic heterocycles. The van der Waals surface area contributed by atoms with Crippen LogP contribution in [-0.2, 0) is 4.74 Å². The molecule has 0 radical (unpaired) electrons. The minimum atomic E-state index is 0.738.